The van der Waals surface area contributed by atoms with Crippen LogP contribution in [0.2, 0.25) is 0 Å². The van der Waals surface area contributed by atoms with Crippen molar-refractivity contribution in [1.29, 1.82) is 0 Å². The lowest BCUT2D eigenvalue weighted by molar-refractivity contribution is -0.136. The summed E-state index contributed by atoms with van der Waals surface area (Å²) in [4.78, 5) is 27.3. The number of rotatable bonds is 5. The number of hydrogen-bond acceptors (Lipinski definition) is 5. The molecule has 0 radical (unpaired) electrons. The maximum absolute atomic E-state index is 13.2. The number of benzene rings is 1. The molecule has 0 spiro atoms. The van der Waals surface area contributed by atoms with Crippen LogP contribution in [0, 0.1) is 5.92 Å². The minimum atomic E-state index is -3.65. The number of amides is 1. The van der Waals surface area contributed by atoms with Gasteiger partial charge < -0.3 is 4.90 Å². The Morgan fingerprint density at radius 3 is 2.39 bits per heavy atom. The van der Waals surface area contributed by atoms with Gasteiger partial charge >= 0.3 is 4.87 Å². The zero-order valence-electron chi connectivity index (χ0n) is 18.1. The first-order chi connectivity index (χ1) is 14.9. The number of thiazole rings is 1. The van der Waals surface area contributed by atoms with E-state index >= 15 is 0 Å². The number of hydrogen-bond donors (Lipinski definition) is 0. The average molecular weight is 466 g/mol. The molecule has 2 aromatic rings. The van der Waals surface area contributed by atoms with E-state index in [-0.39, 0.29) is 21.6 Å². The molecule has 7 nitrogen and oxygen atoms in total. The Labute approximate surface area is 187 Å². The lowest BCUT2D eigenvalue weighted by Crippen LogP contribution is -2.44. The van der Waals surface area contributed by atoms with E-state index in [2.05, 4.69) is 0 Å². The summed E-state index contributed by atoms with van der Waals surface area (Å²) in [5.74, 6) is 0.114. The van der Waals surface area contributed by atoms with Crippen LogP contribution in [0.4, 0.5) is 0 Å². The predicted molar refractivity (Wildman–Crippen MR) is 123 cm³/mol. The Bertz CT molecular complexity index is 1090. The molecule has 9 heteroatoms. The van der Waals surface area contributed by atoms with E-state index in [0.717, 1.165) is 49.2 Å². The molecule has 2 aliphatic rings. The molecular formula is C22H31N3O4S2. The van der Waals surface area contributed by atoms with Gasteiger partial charge in [0, 0.05) is 38.6 Å². The zero-order valence-corrected chi connectivity index (χ0v) is 19.7. The van der Waals surface area contributed by atoms with Gasteiger partial charge in [-0.05, 0) is 50.3 Å². The largest absolute Gasteiger partial charge is 0.342 e. The Morgan fingerprint density at radius 1 is 1.06 bits per heavy atom. The molecule has 170 valence electrons. The van der Waals surface area contributed by atoms with Gasteiger partial charge in [0.2, 0.25) is 15.9 Å². The normalized spacial score (nSPS) is 19.6. The summed E-state index contributed by atoms with van der Waals surface area (Å²) in [5, 5.41) is 0. The topological polar surface area (TPSA) is 79.7 Å². The number of nitrogens with zero attached hydrogens (tertiary/aromatic N) is 3. The quantitative estimate of drug-likeness (QED) is 0.679. The first-order valence-electron chi connectivity index (χ1n) is 11.3. The molecule has 31 heavy (non-hydrogen) atoms. The summed E-state index contributed by atoms with van der Waals surface area (Å²) < 4.78 is 30.3. The zero-order chi connectivity index (χ0) is 22.0. The van der Waals surface area contributed by atoms with Crippen LogP contribution in [0.3, 0.4) is 0 Å². The van der Waals surface area contributed by atoms with Crippen LogP contribution in [-0.4, -0.2) is 54.3 Å². The summed E-state index contributed by atoms with van der Waals surface area (Å²) >= 11 is 1.09. The van der Waals surface area contributed by atoms with Crippen molar-refractivity contribution in [2.24, 2.45) is 5.92 Å². The molecule has 0 bridgehead atoms. The van der Waals surface area contributed by atoms with Gasteiger partial charge in [0.15, 0.2) is 0 Å². The summed E-state index contributed by atoms with van der Waals surface area (Å²) in [6.07, 6.45) is 6.47. The van der Waals surface area contributed by atoms with Crippen molar-refractivity contribution in [3.63, 3.8) is 0 Å². The van der Waals surface area contributed by atoms with E-state index in [1.165, 1.54) is 17.1 Å². The summed E-state index contributed by atoms with van der Waals surface area (Å²) in [6, 6.07) is 4.97. The first kappa shape index (κ1) is 22.5. The van der Waals surface area contributed by atoms with Gasteiger partial charge in [0.25, 0.3) is 0 Å². The standard InChI is InChI=1S/C22H31N3O4S2/c1-2-11-25-19-8-7-18(16-20(19)30-22(25)27)31(28,29)24-14-9-17(10-15-24)21(26)23-12-5-3-4-6-13-23/h7-8,16-17H,2-6,9-15H2,1H3. The lowest BCUT2D eigenvalue weighted by atomic mass is 9.96. The van der Waals surface area contributed by atoms with Crippen LogP contribution in [-0.2, 0) is 21.4 Å². The van der Waals surface area contributed by atoms with Crippen LogP contribution in [0.5, 0.6) is 0 Å². The number of aromatic nitrogens is 1. The van der Waals surface area contributed by atoms with E-state index in [1.54, 1.807) is 22.8 Å². The number of carbonyl (C=O) groups excluding carboxylic acids is 1. The van der Waals surface area contributed by atoms with Gasteiger partial charge in [0.1, 0.15) is 0 Å². The van der Waals surface area contributed by atoms with Crippen LogP contribution in [0.25, 0.3) is 10.2 Å². The van der Waals surface area contributed by atoms with E-state index < -0.39 is 10.0 Å². The maximum atomic E-state index is 13.2. The number of sulfonamides is 1. The second kappa shape index (κ2) is 9.42. The molecule has 1 amide bonds. The van der Waals surface area contributed by atoms with Crippen molar-refractivity contribution in [2.75, 3.05) is 26.2 Å². The number of aryl methyl sites for hydroxylation is 1. The highest BCUT2D eigenvalue weighted by molar-refractivity contribution is 7.89. The van der Waals surface area contributed by atoms with Crippen LogP contribution < -0.4 is 4.87 Å². The van der Waals surface area contributed by atoms with E-state index in [9.17, 15) is 18.0 Å². The smallest absolute Gasteiger partial charge is 0.308 e. The van der Waals surface area contributed by atoms with Crippen LogP contribution in [0.15, 0.2) is 27.9 Å². The van der Waals surface area contributed by atoms with E-state index in [1.807, 2.05) is 11.8 Å². The highest BCUT2D eigenvalue weighted by atomic mass is 32.2. The third-order valence-corrected chi connectivity index (χ3v) is 9.28. The molecule has 0 aliphatic carbocycles. The molecule has 0 unspecified atom stereocenters. The highest BCUT2D eigenvalue weighted by Crippen LogP contribution is 2.28. The summed E-state index contributed by atoms with van der Waals surface area (Å²) in [6.45, 7) is 5.02. The predicted octanol–water partition coefficient (Wildman–Crippen LogP) is 3.28. The molecule has 2 fully saturated rings. The van der Waals surface area contributed by atoms with Crippen molar-refractivity contribution in [2.45, 2.75) is 63.3 Å². The average Bonchev–Trinajstić information content (AvgIpc) is 2.94. The fraction of sp³-hybridized carbons (Fsp3) is 0.636. The minimum Gasteiger partial charge on any atom is -0.342 e. The Kier molecular flexibility index (Phi) is 6.83. The minimum absolute atomic E-state index is 0.0563. The number of carbonyl (C=O) groups is 1. The second-order valence-electron chi connectivity index (χ2n) is 8.57. The first-order valence-corrected chi connectivity index (χ1v) is 13.6. The van der Waals surface area contributed by atoms with Crippen molar-refractivity contribution >= 4 is 37.5 Å². The fourth-order valence-corrected chi connectivity index (χ4v) is 7.21. The van der Waals surface area contributed by atoms with Crippen molar-refractivity contribution < 1.29 is 13.2 Å². The molecule has 2 saturated heterocycles. The molecule has 1 aromatic carbocycles. The van der Waals surface area contributed by atoms with Gasteiger partial charge in [0.05, 0.1) is 15.1 Å². The van der Waals surface area contributed by atoms with Gasteiger partial charge in [-0.3, -0.25) is 14.2 Å². The van der Waals surface area contributed by atoms with Gasteiger partial charge in [-0.25, -0.2) is 8.42 Å². The molecular weight excluding hydrogens is 434 g/mol. The Hall–Kier alpha value is -1.71. The molecule has 4 rings (SSSR count). The van der Waals surface area contributed by atoms with Crippen LogP contribution in [0.1, 0.15) is 51.9 Å². The van der Waals surface area contributed by atoms with Gasteiger partial charge in [-0.15, -0.1) is 0 Å². The number of fused-ring (bicyclic) bond motifs is 1. The SMILES string of the molecule is CCCn1c(=O)sc2cc(S(=O)(=O)N3CCC(C(=O)N4CCCCCC4)CC3)ccc21. The lowest BCUT2D eigenvalue weighted by Gasteiger charge is -2.33. The van der Waals surface area contributed by atoms with Crippen molar-refractivity contribution in [1.82, 2.24) is 13.8 Å². The molecule has 2 aliphatic heterocycles. The molecule has 0 atom stereocenters. The molecule has 0 N–H and O–H groups in total. The number of likely N-dealkylation sites (tertiary alicyclic amines) is 1. The second-order valence-corrected chi connectivity index (χ2v) is 11.5. The third-order valence-electron chi connectivity index (χ3n) is 6.45. The Morgan fingerprint density at radius 2 is 1.74 bits per heavy atom. The van der Waals surface area contributed by atoms with Gasteiger partial charge in [-0.2, -0.15) is 4.31 Å². The van der Waals surface area contributed by atoms with E-state index in [4.69, 9.17) is 0 Å². The van der Waals surface area contributed by atoms with Gasteiger partial charge in [-0.1, -0.05) is 31.1 Å². The fourth-order valence-electron chi connectivity index (χ4n) is 4.68. The van der Waals surface area contributed by atoms with Crippen LogP contribution >= 0.6 is 11.3 Å². The highest BCUT2D eigenvalue weighted by Gasteiger charge is 2.34. The van der Waals surface area contributed by atoms with E-state index in [0.29, 0.717) is 37.2 Å². The summed E-state index contributed by atoms with van der Waals surface area (Å²) in [5.41, 5.74) is 0.789. The maximum Gasteiger partial charge on any atom is 0.308 e. The Balaban J connectivity index is 1.46. The molecule has 3 heterocycles. The van der Waals surface area contributed by atoms with Crippen molar-refractivity contribution in [3.05, 3.63) is 27.9 Å². The molecule has 1 aromatic heterocycles. The summed E-state index contributed by atoms with van der Waals surface area (Å²) in [7, 11) is -3.65. The molecule has 0 saturated carbocycles. The monoisotopic (exact) mass is 465 g/mol. The third kappa shape index (κ3) is 4.59. The van der Waals surface area contributed by atoms with Crippen molar-refractivity contribution in [3.8, 4) is 0 Å². The number of piperidine rings is 1.